The van der Waals surface area contributed by atoms with Gasteiger partial charge in [-0.1, -0.05) is 25.0 Å². The van der Waals surface area contributed by atoms with Gasteiger partial charge in [0.05, 0.1) is 5.70 Å². The number of nitrogens with zero attached hydrogens (tertiary/aromatic N) is 3. The van der Waals surface area contributed by atoms with Crippen LogP contribution >= 0.6 is 0 Å². The number of hydrogen-bond donors (Lipinski definition) is 0. The van der Waals surface area contributed by atoms with Crippen molar-refractivity contribution in [2.45, 2.75) is 58.8 Å². The Hall–Kier alpha value is -1.61. The van der Waals surface area contributed by atoms with Gasteiger partial charge in [-0.15, -0.1) is 0 Å². The van der Waals surface area contributed by atoms with Crippen LogP contribution in [-0.2, 0) is 9.59 Å². The highest BCUT2D eigenvalue weighted by molar-refractivity contribution is 5.96. The molecule has 0 saturated heterocycles. The molecule has 5 nitrogen and oxygen atoms in total. The van der Waals surface area contributed by atoms with E-state index in [1.807, 2.05) is 6.08 Å². The number of allylic oxidation sites excluding steroid dienone is 2. The van der Waals surface area contributed by atoms with Crippen molar-refractivity contribution >= 4 is 11.6 Å². The van der Waals surface area contributed by atoms with Gasteiger partial charge in [-0.25, -0.2) is 0 Å². The highest BCUT2D eigenvalue weighted by atomic mass is 16.1. The molecule has 5 heteroatoms. The molecule has 0 unspecified atom stereocenters. The summed E-state index contributed by atoms with van der Waals surface area (Å²) in [4.78, 5) is 27.5. The lowest BCUT2D eigenvalue weighted by Gasteiger charge is -2.58. The molecule has 128 valence electrons. The van der Waals surface area contributed by atoms with Crippen molar-refractivity contribution < 1.29 is 9.59 Å². The molecule has 6 atom stereocenters. The minimum atomic E-state index is -0.119. The van der Waals surface area contributed by atoms with E-state index in [-0.39, 0.29) is 16.6 Å². The zero-order valence-corrected chi connectivity index (χ0v) is 14.5. The monoisotopic (exact) mass is 327 g/mol. The molecule has 4 aliphatic rings. The van der Waals surface area contributed by atoms with Crippen molar-refractivity contribution in [1.82, 2.24) is 0 Å². The summed E-state index contributed by atoms with van der Waals surface area (Å²) in [5.74, 6) is 2.36. The third-order valence-corrected chi connectivity index (χ3v) is 7.99. The van der Waals surface area contributed by atoms with Crippen molar-refractivity contribution in [2.24, 2.45) is 39.6 Å². The summed E-state index contributed by atoms with van der Waals surface area (Å²) in [6.07, 6.45) is 8.46. The van der Waals surface area contributed by atoms with Crippen LogP contribution in [0.3, 0.4) is 0 Å². The molecular weight excluding hydrogens is 302 g/mol. The molecule has 0 aromatic carbocycles. The van der Waals surface area contributed by atoms with E-state index in [0.717, 1.165) is 38.5 Å². The zero-order chi connectivity index (χ0) is 17.1. The van der Waals surface area contributed by atoms with Crippen LogP contribution in [0.2, 0.25) is 0 Å². The summed E-state index contributed by atoms with van der Waals surface area (Å²) in [7, 11) is 0. The summed E-state index contributed by atoms with van der Waals surface area (Å²) < 4.78 is 0. The minimum absolute atomic E-state index is 0.00887. The van der Waals surface area contributed by atoms with Gasteiger partial charge in [0.2, 0.25) is 0 Å². The van der Waals surface area contributed by atoms with Crippen LogP contribution in [0.25, 0.3) is 10.4 Å². The van der Waals surface area contributed by atoms with Gasteiger partial charge in [-0.05, 0) is 66.7 Å². The normalized spacial score (nSPS) is 47.2. The first-order valence-electron chi connectivity index (χ1n) is 9.24. The van der Waals surface area contributed by atoms with E-state index in [2.05, 4.69) is 23.9 Å². The van der Waals surface area contributed by atoms with Crippen LogP contribution in [0, 0.1) is 34.5 Å². The van der Waals surface area contributed by atoms with E-state index in [1.54, 1.807) is 0 Å². The number of Topliss-reactive ketones (excluding diaryl/α,β-unsaturated/α-hetero) is 2. The lowest BCUT2D eigenvalue weighted by Crippen LogP contribution is -2.52. The molecule has 24 heavy (non-hydrogen) atoms. The topological polar surface area (TPSA) is 82.9 Å². The third kappa shape index (κ3) is 1.97. The van der Waals surface area contributed by atoms with Gasteiger partial charge in [0.25, 0.3) is 0 Å². The maximum absolute atomic E-state index is 12.4. The molecule has 0 amide bonds. The molecule has 0 bridgehead atoms. The number of hydrogen-bond acceptors (Lipinski definition) is 3. The Morgan fingerprint density at radius 1 is 1.17 bits per heavy atom. The fourth-order valence-electron chi connectivity index (χ4n) is 6.62. The van der Waals surface area contributed by atoms with Crippen molar-refractivity contribution in [2.75, 3.05) is 0 Å². The number of rotatable bonds is 1. The molecule has 0 aromatic heterocycles. The fraction of sp³-hybridized carbons (Fsp3) is 0.789. The van der Waals surface area contributed by atoms with Crippen LogP contribution in [-0.4, -0.2) is 11.6 Å². The summed E-state index contributed by atoms with van der Waals surface area (Å²) >= 11 is 0. The minimum Gasteiger partial charge on any atom is -0.299 e. The molecule has 0 aromatic rings. The van der Waals surface area contributed by atoms with Crippen LogP contribution in [0.1, 0.15) is 58.8 Å². The van der Waals surface area contributed by atoms with Crippen molar-refractivity contribution in [3.63, 3.8) is 0 Å². The molecule has 0 aliphatic heterocycles. The second kappa shape index (κ2) is 5.19. The van der Waals surface area contributed by atoms with E-state index in [0.29, 0.717) is 41.6 Å². The first-order chi connectivity index (χ1) is 11.4. The number of ketones is 2. The smallest absolute Gasteiger partial charge is 0.165 e. The van der Waals surface area contributed by atoms with Gasteiger partial charge >= 0.3 is 0 Å². The Morgan fingerprint density at radius 3 is 2.71 bits per heavy atom. The second-order valence-corrected chi connectivity index (χ2v) is 8.78. The van der Waals surface area contributed by atoms with Crippen LogP contribution in [0.15, 0.2) is 16.9 Å². The summed E-state index contributed by atoms with van der Waals surface area (Å²) in [5, 5.41) is 3.67. The van der Waals surface area contributed by atoms with Crippen molar-refractivity contribution in [3.05, 3.63) is 22.2 Å². The second-order valence-electron chi connectivity index (χ2n) is 8.78. The number of carbonyl (C=O) groups is 2. The Labute approximate surface area is 142 Å². The molecule has 3 fully saturated rings. The van der Waals surface area contributed by atoms with Gasteiger partial charge in [0.15, 0.2) is 5.78 Å². The highest BCUT2D eigenvalue weighted by Crippen LogP contribution is 2.64. The lowest BCUT2D eigenvalue weighted by molar-refractivity contribution is -0.135. The molecule has 0 N–H and O–H groups in total. The molecular formula is C19H25N3O2. The Bertz CT molecular complexity index is 693. The predicted octanol–water partition coefficient (Wildman–Crippen LogP) is 4.58. The average molecular weight is 327 g/mol. The molecule has 3 saturated carbocycles. The number of carbonyl (C=O) groups excluding carboxylic acids is 2. The lowest BCUT2D eigenvalue weighted by atomic mass is 9.46. The standard InChI is InChI=1S/C19H25N3O2/c1-18-8-7-14-12(13(18)5-6-17(18)24)4-3-11-9-16(23)15(21-22-20)10-19(11,14)2/h10-14H,3-9H2,1-2H3/t11-,12-,13-,14-,18-,19-/m0/s1. The zero-order valence-electron chi connectivity index (χ0n) is 14.5. The van der Waals surface area contributed by atoms with Gasteiger partial charge in [0, 0.05) is 23.2 Å². The van der Waals surface area contributed by atoms with E-state index in [9.17, 15) is 9.59 Å². The summed E-state index contributed by atoms with van der Waals surface area (Å²) in [6, 6.07) is 0. The van der Waals surface area contributed by atoms with Crippen molar-refractivity contribution in [3.8, 4) is 0 Å². The predicted molar refractivity (Wildman–Crippen MR) is 89.7 cm³/mol. The summed E-state index contributed by atoms with van der Waals surface area (Å²) in [6.45, 7) is 4.44. The first kappa shape index (κ1) is 15.9. The number of azide groups is 1. The Kier molecular flexibility index (Phi) is 3.44. The average Bonchev–Trinajstić information content (AvgIpc) is 2.85. The van der Waals surface area contributed by atoms with Gasteiger partial charge in [-0.3, -0.25) is 9.59 Å². The molecule has 0 spiro atoms. The summed E-state index contributed by atoms with van der Waals surface area (Å²) in [5.41, 5.74) is 8.88. The highest BCUT2D eigenvalue weighted by Gasteiger charge is 2.59. The maximum Gasteiger partial charge on any atom is 0.165 e. The fourth-order valence-corrected chi connectivity index (χ4v) is 6.62. The molecule has 0 radical (unpaired) electrons. The Balaban J connectivity index is 1.73. The first-order valence-corrected chi connectivity index (χ1v) is 9.24. The van der Waals surface area contributed by atoms with Crippen LogP contribution in [0.4, 0.5) is 0 Å². The number of fused-ring (bicyclic) bond motifs is 5. The van der Waals surface area contributed by atoms with Gasteiger partial charge in [0.1, 0.15) is 5.78 Å². The SMILES string of the molecule is C[C@]12C=C(N=[N+]=[N-])C(=O)C[C@@H]1CC[C@@H]1[C@@H]2CC[C@]2(C)C(=O)CC[C@@H]12. The maximum atomic E-state index is 12.4. The van der Waals surface area contributed by atoms with E-state index in [4.69, 9.17) is 5.53 Å². The van der Waals surface area contributed by atoms with Crippen LogP contribution < -0.4 is 0 Å². The quantitative estimate of drug-likeness (QED) is 0.401. The molecule has 0 heterocycles. The molecule has 4 rings (SSSR count). The van der Waals surface area contributed by atoms with Gasteiger partial charge in [-0.2, -0.15) is 0 Å². The largest absolute Gasteiger partial charge is 0.299 e. The van der Waals surface area contributed by atoms with E-state index in [1.165, 1.54) is 0 Å². The molecule has 4 aliphatic carbocycles. The third-order valence-electron chi connectivity index (χ3n) is 7.99. The van der Waals surface area contributed by atoms with E-state index >= 15 is 0 Å². The van der Waals surface area contributed by atoms with Crippen molar-refractivity contribution in [1.29, 1.82) is 0 Å². The van der Waals surface area contributed by atoms with Crippen LogP contribution in [0.5, 0.6) is 0 Å². The van der Waals surface area contributed by atoms with Gasteiger partial charge < -0.3 is 0 Å². The Morgan fingerprint density at radius 2 is 1.96 bits per heavy atom. The van der Waals surface area contributed by atoms with E-state index < -0.39 is 0 Å².